The number of amides is 1. The molecule has 1 aliphatic carbocycles. The van der Waals surface area contributed by atoms with E-state index in [4.69, 9.17) is 14.7 Å². The van der Waals surface area contributed by atoms with E-state index in [0.29, 0.717) is 23.1 Å². The smallest absolute Gasteiger partial charge is 0.234 e. The van der Waals surface area contributed by atoms with Gasteiger partial charge in [-0.1, -0.05) is 44.7 Å². The molecule has 1 aliphatic rings. The van der Waals surface area contributed by atoms with Crippen LogP contribution in [0.1, 0.15) is 49.4 Å². The van der Waals surface area contributed by atoms with Gasteiger partial charge in [0.25, 0.3) is 0 Å². The molecule has 3 aromatic rings. The minimum atomic E-state index is -0.0694. The number of aromatic nitrogens is 2. The van der Waals surface area contributed by atoms with Crippen LogP contribution in [0.2, 0.25) is 0 Å². The van der Waals surface area contributed by atoms with Crippen molar-refractivity contribution in [3.63, 3.8) is 0 Å². The third kappa shape index (κ3) is 4.32. The SMILES string of the molecule is COc1ccccc1NC(=O)CSc1nc(C(C)C)nc2sc3c(c12)CC[C@H](C)C3. The Morgan fingerprint density at radius 2 is 2.13 bits per heavy atom. The normalized spacial score (nSPS) is 16.0. The van der Waals surface area contributed by atoms with Crippen molar-refractivity contribution < 1.29 is 9.53 Å². The number of anilines is 1. The molecular weight excluding hydrogens is 414 g/mol. The van der Waals surface area contributed by atoms with Crippen molar-refractivity contribution in [3.05, 3.63) is 40.5 Å². The fraction of sp³-hybridized carbons (Fsp3) is 0.435. The lowest BCUT2D eigenvalue weighted by Gasteiger charge is -2.18. The second-order valence-corrected chi connectivity index (χ2v) is 10.2. The van der Waals surface area contributed by atoms with E-state index in [0.717, 1.165) is 28.5 Å². The highest BCUT2D eigenvalue weighted by molar-refractivity contribution is 8.00. The van der Waals surface area contributed by atoms with Crippen LogP contribution in [0.25, 0.3) is 10.2 Å². The number of ether oxygens (including phenoxy) is 1. The lowest BCUT2D eigenvalue weighted by molar-refractivity contribution is -0.113. The number of hydrogen-bond acceptors (Lipinski definition) is 6. The first-order chi connectivity index (χ1) is 14.5. The van der Waals surface area contributed by atoms with E-state index in [1.54, 1.807) is 7.11 Å². The fourth-order valence-electron chi connectivity index (χ4n) is 3.76. The Kier molecular flexibility index (Phi) is 6.29. The zero-order valence-corrected chi connectivity index (χ0v) is 19.5. The van der Waals surface area contributed by atoms with Gasteiger partial charge in [-0.25, -0.2) is 9.97 Å². The Hall–Kier alpha value is -2.12. The Balaban J connectivity index is 1.60. The molecule has 7 heteroatoms. The summed E-state index contributed by atoms with van der Waals surface area (Å²) in [5, 5.41) is 5.06. The number of para-hydroxylation sites is 2. The zero-order valence-electron chi connectivity index (χ0n) is 17.8. The van der Waals surface area contributed by atoms with Crippen molar-refractivity contribution >= 4 is 44.9 Å². The first-order valence-electron chi connectivity index (χ1n) is 10.3. The maximum Gasteiger partial charge on any atom is 0.234 e. The van der Waals surface area contributed by atoms with Crippen molar-refractivity contribution in [1.82, 2.24) is 9.97 Å². The molecule has 4 rings (SSSR count). The molecule has 0 aliphatic heterocycles. The molecular formula is C23H27N3O2S2. The maximum absolute atomic E-state index is 12.7. The molecule has 0 bridgehead atoms. The van der Waals surface area contributed by atoms with E-state index in [-0.39, 0.29) is 11.8 Å². The monoisotopic (exact) mass is 441 g/mol. The van der Waals surface area contributed by atoms with Gasteiger partial charge in [0.15, 0.2) is 0 Å². The number of rotatable bonds is 6. The molecule has 30 heavy (non-hydrogen) atoms. The van der Waals surface area contributed by atoms with E-state index in [9.17, 15) is 4.79 Å². The standard InChI is InChI=1S/C23H27N3O2S2/c1-13(2)21-25-22(20-15-10-9-14(3)11-18(15)30-23(20)26-21)29-12-19(27)24-16-7-5-6-8-17(16)28-4/h5-8,13-14H,9-12H2,1-4H3,(H,24,27)/t14-/m0/s1. The molecule has 0 unspecified atom stereocenters. The van der Waals surface area contributed by atoms with Gasteiger partial charge in [0.05, 0.1) is 18.6 Å². The quantitative estimate of drug-likeness (QED) is 0.394. The van der Waals surface area contributed by atoms with E-state index in [2.05, 4.69) is 26.1 Å². The van der Waals surface area contributed by atoms with Crippen LogP contribution in [0.4, 0.5) is 5.69 Å². The number of benzene rings is 1. The topological polar surface area (TPSA) is 64.1 Å². The van der Waals surface area contributed by atoms with Crippen LogP contribution in [0.5, 0.6) is 5.75 Å². The molecule has 158 valence electrons. The van der Waals surface area contributed by atoms with Gasteiger partial charge in [-0.15, -0.1) is 11.3 Å². The van der Waals surface area contributed by atoms with E-state index in [1.807, 2.05) is 35.6 Å². The van der Waals surface area contributed by atoms with Gasteiger partial charge in [-0.2, -0.15) is 0 Å². The molecule has 1 atom stereocenters. The third-order valence-corrected chi connectivity index (χ3v) is 7.50. The van der Waals surface area contributed by atoms with Gasteiger partial charge in [0.1, 0.15) is 21.4 Å². The van der Waals surface area contributed by atoms with Crippen LogP contribution in [0.15, 0.2) is 29.3 Å². The second-order valence-electron chi connectivity index (χ2n) is 8.11. The molecule has 0 radical (unpaired) electrons. The summed E-state index contributed by atoms with van der Waals surface area (Å²) in [5.74, 6) is 2.69. The largest absolute Gasteiger partial charge is 0.495 e. The molecule has 0 saturated carbocycles. The average molecular weight is 442 g/mol. The van der Waals surface area contributed by atoms with Crippen LogP contribution in [0, 0.1) is 5.92 Å². The predicted octanol–water partition coefficient (Wildman–Crippen LogP) is 5.68. The number of fused-ring (bicyclic) bond motifs is 3. The predicted molar refractivity (Wildman–Crippen MR) is 125 cm³/mol. The van der Waals surface area contributed by atoms with Gasteiger partial charge in [-0.05, 0) is 42.9 Å². The summed E-state index contributed by atoms with van der Waals surface area (Å²) in [6.07, 6.45) is 3.39. The third-order valence-electron chi connectivity index (χ3n) is 5.38. The highest BCUT2D eigenvalue weighted by atomic mass is 32.2. The van der Waals surface area contributed by atoms with Crippen molar-refractivity contribution in [1.29, 1.82) is 0 Å². The summed E-state index contributed by atoms with van der Waals surface area (Å²) in [7, 11) is 1.60. The summed E-state index contributed by atoms with van der Waals surface area (Å²) in [5.41, 5.74) is 2.08. The van der Waals surface area contributed by atoms with E-state index < -0.39 is 0 Å². The summed E-state index contributed by atoms with van der Waals surface area (Å²) >= 11 is 3.31. The molecule has 2 aromatic heterocycles. The Morgan fingerprint density at radius 3 is 2.90 bits per heavy atom. The number of aryl methyl sites for hydroxylation is 1. The van der Waals surface area contributed by atoms with Crippen LogP contribution in [-0.4, -0.2) is 28.7 Å². The Bertz CT molecular complexity index is 1080. The van der Waals surface area contributed by atoms with E-state index in [1.165, 1.54) is 34.0 Å². The minimum absolute atomic E-state index is 0.0694. The van der Waals surface area contributed by atoms with Gasteiger partial charge in [0, 0.05) is 16.2 Å². The zero-order chi connectivity index (χ0) is 21.3. The Labute approximate surface area is 185 Å². The highest BCUT2D eigenvalue weighted by Gasteiger charge is 2.25. The van der Waals surface area contributed by atoms with Crippen LogP contribution >= 0.6 is 23.1 Å². The number of carbonyl (C=O) groups excluding carboxylic acids is 1. The fourth-order valence-corrected chi connectivity index (χ4v) is 6.07. The molecule has 0 fully saturated rings. The summed E-state index contributed by atoms with van der Waals surface area (Å²) in [6.45, 7) is 6.54. The average Bonchev–Trinajstić information content (AvgIpc) is 3.09. The summed E-state index contributed by atoms with van der Waals surface area (Å²) in [6, 6.07) is 7.45. The van der Waals surface area contributed by atoms with Gasteiger partial charge < -0.3 is 10.1 Å². The van der Waals surface area contributed by atoms with Crippen LogP contribution in [0.3, 0.4) is 0 Å². The van der Waals surface area contributed by atoms with Crippen molar-refractivity contribution in [2.45, 2.75) is 51.0 Å². The van der Waals surface area contributed by atoms with Gasteiger partial charge >= 0.3 is 0 Å². The number of methoxy groups -OCH3 is 1. The molecule has 1 aromatic carbocycles. The number of hydrogen-bond donors (Lipinski definition) is 1. The number of nitrogens with one attached hydrogen (secondary N) is 1. The number of nitrogens with zero attached hydrogens (tertiary/aromatic N) is 2. The van der Waals surface area contributed by atoms with Gasteiger partial charge in [0.2, 0.25) is 5.91 Å². The lowest BCUT2D eigenvalue weighted by atomic mass is 9.89. The highest BCUT2D eigenvalue weighted by Crippen LogP contribution is 2.41. The maximum atomic E-state index is 12.7. The minimum Gasteiger partial charge on any atom is -0.495 e. The van der Waals surface area contributed by atoms with Crippen LogP contribution < -0.4 is 10.1 Å². The molecule has 1 N–H and O–H groups in total. The molecule has 0 spiro atoms. The molecule has 0 saturated heterocycles. The second kappa shape index (κ2) is 8.94. The summed E-state index contributed by atoms with van der Waals surface area (Å²) in [4.78, 5) is 24.9. The van der Waals surface area contributed by atoms with Gasteiger partial charge in [-0.3, -0.25) is 4.79 Å². The number of thioether (sulfide) groups is 1. The Morgan fingerprint density at radius 1 is 1.33 bits per heavy atom. The first-order valence-corrected chi connectivity index (χ1v) is 12.1. The van der Waals surface area contributed by atoms with Crippen molar-refractivity contribution in [2.75, 3.05) is 18.2 Å². The molecule has 5 nitrogen and oxygen atoms in total. The number of carbonyl (C=O) groups is 1. The van der Waals surface area contributed by atoms with Crippen LogP contribution in [-0.2, 0) is 17.6 Å². The lowest BCUT2D eigenvalue weighted by Crippen LogP contribution is -2.15. The molecule has 1 amide bonds. The molecule has 2 heterocycles. The van der Waals surface area contributed by atoms with Crippen molar-refractivity contribution in [2.24, 2.45) is 5.92 Å². The number of thiophene rings is 1. The summed E-state index contributed by atoms with van der Waals surface area (Å²) < 4.78 is 5.33. The van der Waals surface area contributed by atoms with Crippen molar-refractivity contribution in [3.8, 4) is 5.75 Å². The first kappa shape index (κ1) is 21.1. The van der Waals surface area contributed by atoms with E-state index >= 15 is 0 Å².